The summed E-state index contributed by atoms with van der Waals surface area (Å²) >= 11 is 0. The Kier molecular flexibility index (Phi) is 1.57. The van der Waals surface area contributed by atoms with Crippen molar-refractivity contribution in [2.75, 3.05) is 0 Å². The topological polar surface area (TPSA) is 38.9 Å². The number of nitrogens with zero attached hydrogens (tertiary/aromatic N) is 2. The van der Waals surface area contributed by atoms with Gasteiger partial charge in [-0.05, 0) is 18.1 Å². The highest BCUT2D eigenvalue weighted by atomic mass is 16.5. The van der Waals surface area contributed by atoms with Gasteiger partial charge in [-0.15, -0.1) is 0 Å². The molecule has 0 saturated carbocycles. The van der Waals surface area contributed by atoms with E-state index in [-0.39, 0.29) is 0 Å². The van der Waals surface area contributed by atoms with Crippen molar-refractivity contribution >= 4 is 11.0 Å². The molecule has 3 nitrogen and oxygen atoms in total. The molecule has 0 aliphatic carbocycles. The Hall–Kier alpha value is -1.38. The van der Waals surface area contributed by atoms with Crippen molar-refractivity contribution in [1.29, 1.82) is 0 Å². The molecule has 0 amide bonds. The molecule has 0 aliphatic rings. The van der Waals surface area contributed by atoms with E-state index < -0.39 is 0 Å². The summed E-state index contributed by atoms with van der Waals surface area (Å²) < 4.78 is 4.79. The van der Waals surface area contributed by atoms with Gasteiger partial charge >= 0.3 is 0 Å². The second kappa shape index (κ2) is 2.59. The molecule has 2 heterocycles. The minimum Gasteiger partial charge on any atom is -0.362 e. The van der Waals surface area contributed by atoms with Gasteiger partial charge in [-0.1, -0.05) is 19.0 Å². The van der Waals surface area contributed by atoms with Gasteiger partial charge in [-0.25, -0.2) is 4.98 Å². The summed E-state index contributed by atoms with van der Waals surface area (Å²) in [5.41, 5.74) is 1.75. The van der Waals surface area contributed by atoms with Gasteiger partial charge in [0.1, 0.15) is 6.26 Å². The predicted molar refractivity (Wildman–Crippen MR) is 45.9 cm³/mol. The third kappa shape index (κ3) is 1.07. The molecule has 0 bridgehead atoms. The van der Waals surface area contributed by atoms with Crippen LogP contribution in [0.1, 0.15) is 25.5 Å². The molecule has 0 unspecified atom stereocenters. The molecule has 3 heteroatoms. The molecule has 0 spiro atoms. The lowest BCUT2D eigenvalue weighted by Crippen LogP contribution is -1.91. The van der Waals surface area contributed by atoms with E-state index in [0.29, 0.717) is 11.6 Å². The van der Waals surface area contributed by atoms with E-state index in [9.17, 15) is 0 Å². The van der Waals surface area contributed by atoms with Crippen LogP contribution in [0.5, 0.6) is 0 Å². The van der Waals surface area contributed by atoms with Crippen LogP contribution in [0.3, 0.4) is 0 Å². The molecule has 62 valence electrons. The van der Waals surface area contributed by atoms with Crippen LogP contribution in [-0.4, -0.2) is 10.1 Å². The average molecular weight is 162 g/mol. The lowest BCUT2D eigenvalue weighted by molar-refractivity contribution is 0.426. The second-order valence-electron chi connectivity index (χ2n) is 3.12. The van der Waals surface area contributed by atoms with Gasteiger partial charge in [0.25, 0.3) is 0 Å². The third-order valence-electron chi connectivity index (χ3n) is 1.84. The first-order chi connectivity index (χ1) is 5.77. The summed E-state index contributed by atoms with van der Waals surface area (Å²) in [6.07, 6.45) is 1.60. The Morgan fingerprint density at radius 3 is 2.92 bits per heavy atom. The van der Waals surface area contributed by atoms with E-state index in [0.717, 1.165) is 11.1 Å². The lowest BCUT2D eigenvalue weighted by atomic mass is 10.1. The number of hydrogen-bond acceptors (Lipinski definition) is 3. The van der Waals surface area contributed by atoms with E-state index >= 15 is 0 Å². The molecule has 0 N–H and O–H groups in total. The maximum atomic E-state index is 4.79. The Morgan fingerprint density at radius 1 is 1.33 bits per heavy atom. The van der Waals surface area contributed by atoms with Gasteiger partial charge < -0.3 is 4.52 Å². The van der Waals surface area contributed by atoms with Crippen molar-refractivity contribution in [3.05, 3.63) is 24.1 Å². The van der Waals surface area contributed by atoms with Crippen LogP contribution in [0.4, 0.5) is 0 Å². The molecular weight excluding hydrogens is 152 g/mol. The van der Waals surface area contributed by atoms with Crippen molar-refractivity contribution in [1.82, 2.24) is 10.1 Å². The van der Waals surface area contributed by atoms with Gasteiger partial charge in [0, 0.05) is 5.69 Å². The monoisotopic (exact) mass is 162 g/mol. The summed E-state index contributed by atoms with van der Waals surface area (Å²) in [5.74, 6) is 0.436. The summed E-state index contributed by atoms with van der Waals surface area (Å²) in [5, 5.41) is 4.73. The van der Waals surface area contributed by atoms with E-state index in [4.69, 9.17) is 4.52 Å². The Bertz CT molecular complexity index is 392. The van der Waals surface area contributed by atoms with Crippen molar-refractivity contribution in [2.24, 2.45) is 0 Å². The fourth-order valence-electron chi connectivity index (χ4n) is 1.09. The number of fused-ring (bicyclic) bond motifs is 1. The molecule has 0 aliphatic heterocycles. The first kappa shape index (κ1) is 7.28. The summed E-state index contributed by atoms with van der Waals surface area (Å²) in [6, 6.07) is 3.98. The van der Waals surface area contributed by atoms with E-state index in [2.05, 4.69) is 24.0 Å². The third-order valence-corrected chi connectivity index (χ3v) is 1.84. The molecule has 0 aromatic carbocycles. The molecule has 0 radical (unpaired) electrons. The van der Waals surface area contributed by atoms with Crippen molar-refractivity contribution in [2.45, 2.75) is 19.8 Å². The van der Waals surface area contributed by atoms with Crippen LogP contribution in [0, 0.1) is 0 Å². The van der Waals surface area contributed by atoms with Gasteiger partial charge in [0.2, 0.25) is 5.65 Å². The highest BCUT2D eigenvalue weighted by Gasteiger charge is 2.03. The van der Waals surface area contributed by atoms with Gasteiger partial charge in [-0.3, -0.25) is 0 Å². The van der Waals surface area contributed by atoms with Gasteiger partial charge in [-0.2, -0.15) is 0 Å². The molecule has 2 aromatic rings. The molecule has 2 aromatic heterocycles. The normalized spacial score (nSPS) is 11.2. The fraction of sp³-hybridized carbons (Fsp3) is 0.333. The van der Waals surface area contributed by atoms with Crippen molar-refractivity contribution in [3.63, 3.8) is 0 Å². The number of hydrogen-bond donors (Lipinski definition) is 0. The predicted octanol–water partition coefficient (Wildman–Crippen LogP) is 2.35. The first-order valence-electron chi connectivity index (χ1n) is 3.98. The smallest absolute Gasteiger partial charge is 0.202 e. The molecule has 0 fully saturated rings. The Morgan fingerprint density at radius 2 is 2.17 bits per heavy atom. The van der Waals surface area contributed by atoms with E-state index in [1.165, 1.54) is 0 Å². The molecule has 12 heavy (non-hydrogen) atoms. The zero-order valence-electron chi connectivity index (χ0n) is 7.11. The van der Waals surface area contributed by atoms with Crippen LogP contribution in [0.25, 0.3) is 11.0 Å². The standard InChI is InChI=1S/C9H10N2O/c1-6(2)8-4-3-7-5-12-11-9(7)10-8/h3-6H,1-2H3. The maximum absolute atomic E-state index is 4.79. The molecule has 0 atom stereocenters. The summed E-state index contributed by atoms with van der Waals surface area (Å²) in [4.78, 5) is 4.33. The van der Waals surface area contributed by atoms with Crippen molar-refractivity contribution in [3.8, 4) is 0 Å². The highest BCUT2D eigenvalue weighted by molar-refractivity contribution is 5.72. The number of rotatable bonds is 1. The van der Waals surface area contributed by atoms with Crippen LogP contribution >= 0.6 is 0 Å². The number of aromatic nitrogens is 2. The lowest BCUT2D eigenvalue weighted by Gasteiger charge is -2.01. The van der Waals surface area contributed by atoms with E-state index in [1.54, 1.807) is 6.26 Å². The Balaban J connectivity index is 2.60. The first-order valence-corrected chi connectivity index (χ1v) is 3.98. The molecule has 0 saturated heterocycles. The quantitative estimate of drug-likeness (QED) is 0.646. The second-order valence-corrected chi connectivity index (χ2v) is 3.12. The molecular formula is C9H10N2O. The summed E-state index contributed by atoms with van der Waals surface area (Å²) in [6.45, 7) is 4.21. The van der Waals surface area contributed by atoms with Crippen LogP contribution in [0.2, 0.25) is 0 Å². The van der Waals surface area contributed by atoms with Crippen molar-refractivity contribution < 1.29 is 4.52 Å². The average Bonchev–Trinajstić information content (AvgIpc) is 2.49. The minimum atomic E-state index is 0.436. The largest absolute Gasteiger partial charge is 0.362 e. The van der Waals surface area contributed by atoms with Gasteiger partial charge in [0.15, 0.2) is 0 Å². The fourth-order valence-corrected chi connectivity index (χ4v) is 1.09. The van der Waals surface area contributed by atoms with Crippen LogP contribution < -0.4 is 0 Å². The summed E-state index contributed by atoms with van der Waals surface area (Å²) in [7, 11) is 0. The van der Waals surface area contributed by atoms with Crippen LogP contribution in [-0.2, 0) is 0 Å². The SMILES string of the molecule is CC(C)c1ccc2conc2n1. The Labute approximate surface area is 70.4 Å². The zero-order chi connectivity index (χ0) is 8.55. The van der Waals surface area contributed by atoms with Crippen LogP contribution in [0.15, 0.2) is 22.9 Å². The highest BCUT2D eigenvalue weighted by Crippen LogP contribution is 2.15. The molecule has 2 rings (SSSR count). The van der Waals surface area contributed by atoms with Gasteiger partial charge in [0.05, 0.1) is 5.39 Å². The zero-order valence-corrected chi connectivity index (χ0v) is 7.11. The number of pyridine rings is 1. The maximum Gasteiger partial charge on any atom is 0.202 e. The minimum absolute atomic E-state index is 0.436. The van der Waals surface area contributed by atoms with E-state index in [1.807, 2.05) is 12.1 Å².